The van der Waals surface area contributed by atoms with Crippen LogP contribution in [0, 0.1) is 6.92 Å². The smallest absolute Gasteiger partial charge is 0.226 e. The Hall–Kier alpha value is -2.01. The number of oxazole rings is 1. The molecular weight excluding hydrogens is 254 g/mol. The van der Waals surface area contributed by atoms with Gasteiger partial charge in [-0.05, 0) is 25.1 Å². The molecule has 0 bridgehead atoms. The van der Waals surface area contributed by atoms with Gasteiger partial charge < -0.3 is 15.4 Å². The number of nitrogens with zero attached hydrogens (tertiary/aromatic N) is 2. The Morgan fingerprint density at radius 2 is 2.33 bits per heavy atom. The van der Waals surface area contributed by atoms with E-state index < -0.39 is 0 Å². The number of nitrogens with two attached hydrogens (primary N) is 1. The summed E-state index contributed by atoms with van der Waals surface area (Å²) in [4.78, 5) is 4.31. The van der Waals surface area contributed by atoms with Crippen LogP contribution < -0.4 is 5.73 Å². The lowest BCUT2D eigenvalue weighted by atomic mass is 10.2. The van der Waals surface area contributed by atoms with Crippen molar-refractivity contribution in [1.82, 2.24) is 4.98 Å². The predicted octanol–water partition coefficient (Wildman–Crippen LogP) is 2.59. The SMILES string of the molecule is Cc1oc(-c2cccc(Cl)c2)nc1C/C(N)=N\O. The van der Waals surface area contributed by atoms with E-state index in [9.17, 15) is 0 Å². The lowest BCUT2D eigenvalue weighted by Gasteiger charge is -1.95. The zero-order chi connectivity index (χ0) is 13.1. The Balaban J connectivity index is 2.34. The van der Waals surface area contributed by atoms with Crippen molar-refractivity contribution in [2.45, 2.75) is 13.3 Å². The lowest BCUT2D eigenvalue weighted by Crippen LogP contribution is -2.15. The maximum Gasteiger partial charge on any atom is 0.226 e. The van der Waals surface area contributed by atoms with Gasteiger partial charge >= 0.3 is 0 Å². The van der Waals surface area contributed by atoms with E-state index in [4.69, 9.17) is 27.0 Å². The van der Waals surface area contributed by atoms with Crippen molar-refractivity contribution >= 4 is 17.4 Å². The molecule has 0 unspecified atom stereocenters. The van der Waals surface area contributed by atoms with Crippen LogP contribution in [-0.2, 0) is 6.42 Å². The zero-order valence-corrected chi connectivity index (χ0v) is 10.5. The van der Waals surface area contributed by atoms with Gasteiger partial charge in [-0.1, -0.05) is 22.8 Å². The highest BCUT2D eigenvalue weighted by Gasteiger charge is 2.12. The topological polar surface area (TPSA) is 84.6 Å². The molecule has 0 spiro atoms. The lowest BCUT2D eigenvalue weighted by molar-refractivity contribution is 0.317. The highest BCUT2D eigenvalue weighted by molar-refractivity contribution is 6.30. The van der Waals surface area contributed by atoms with E-state index in [0.29, 0.717) is 22.4 Å². The molecule has 1 aromatic heterocycles. The van der Waals surface area contributed by atoms with Gasteiger partial charge in [-0.3, -0.25) is 0 Å². The van der Waals surface area contributed by atoms with Gasteiger partial charge in [0, 0.05) is 10.6 Å². The Morgan fingerprint density at radius 3 is 3.00 bits per heavy atom. The van der Waals surface area contributed by atoms with Crippen molar-refractivity contribution in [1.29, 1.82) is 0 Å². The first kappa shape index (κ1) is 12.4. The molecule has 6 heteroatoms. The molecule has 0 fully saturated rings. The monoisotopic (exact) mass is 265 g/mol. The third kappa shape index (κ3) is 2.62. The van der Waals surface area contributed by atoms with E-state index in [2.05, 4.69) is 10.1 Å². The van der Waals surface area contributed by atoms with Gasteiger partial charge in [-0.2, -0.15) is 0 Å². The molecule has 1 heterocycles. The van der Waals surface area contributed by atoms with Crippen molar-refractivity contribution in [3.63, 3.8) is 0 Å². The number of benzene rings is 1. The number of amidine groups is 1. The van der Waals surface area contributed by atoms with Gasteiger partial charge in [0.25, 0.3) is 0 Å². The molecule has 0 aliphatic carbocycles. The van der Waals surface area contributed by atoms with E-state index in [0.717, 1.165) is 5.56 Å². The minimum Gasteiger partial charge on any atom is -0.441 e. The van der Waals surface area contributed by atoms with E-state index >= 15 is 0 Å². The first-order valence-corrected chi connectivity index (χ1v) is 5.66. The summed E-state index contributed by atoms with van der Waals surface area (Å²) in [5, 5.41) is 12.1. The summed E-state index contributed by atoms with van der Waals surface area (Å²) in [7, 11) is 0. The maximum absolute atomic E-state index is 8.53. The van der Waals surface area contributed by atoms with Crippen LogP contribution in [0.4, 0.5) is 0 Å². The maximum atomic E-state index is 8.53. The van der Waals surface area contributed by atoms with Crippen LogP contribution in [0.2, 0.25) is 5.02 Å². The molecule has 0 saturated heterocycles. The summed E-state index contributed by atoms with van der Waals surface area (Å²) in [6, 6.07) is 7.21. The molecule has 0 saturated carbocycles. The fourth-order valence-electron chi connectivity index (χ4n) is 1.54. The summed E-state index contributed by atoms with van der Waals surface area (Å²) in [5.41, 5.74) is 6.87. The predicted molar refractivity (Wildman–Crippen MR) is 68.8 cm³/mol. The second-order valence-corrected chi connectivity index (χ2v) is 4.24. The number of halogens is 1. The van der Waals surface area contributed by atoms with Gasteiger partial charge in [0.05, 0.1) is 12.1 Å². The summed E-state index contributed by atoms with van der Waals surface area (Å²) in [6.45, 7) is 1.78. The van der Waals surface area contributed by atoms with E-state index in [1.807, 2.05) is 12.1 Å². The summed E-state index contributed by atoms with van der Waals surface area (Å²) in [6.07, 6.45) is 0.242. The first-order chi connectivity index (χ1) is 8.60. The normalized spacial score (nSPS) is 11.8. The van der Waals surface area contributed by atoms with Gasteiger partial charge in [0.15, 0.2) is 0 Å². The number of hydrogen-bond acceptors (Lipinski definition) is 4. The average Bonchev–Trinajstić information content (AvgIpc) is 2.71. The summed E-state index contributed by atoms with van der Waals surface area (Å²) < 4.78 is 5.54. The van der Waals surface area contributed by atoms with E-state index in [-0.39, 0.29) is 12.3 Å². The van der Waals surface area contributed by atoms with Crippen LogP contribution in [0.5, 0.6) is 0 Å². The average molecular weight is 266 g/mol. The van der Waals surface area contributed by atoms with Crippen LogP contribution in [0.15, 0.2) is 33.8 Å². The van der Waals surface area contributed by atoms with Gasteiger partial charge in [-0.25, -0.2) is 4.98 Å². The summed E-state index contributed by atoms with van der Waals surface area (Å²) in [5.74, 6) is 1.19. The molecule has 18 heavy (non-hydrogen) atoms. The molecule has 5 nitrogen and oxygen atoms in total. The fourth-order valence-corrected chi connectivity index (χ4v) is 1.73. The highest BCUT2D eigenvalue weighted by atomic mass is 35.5. The molecule has 1 aromatic carbocycles. The molecule has 0 amide bonds. The van der Waals surface area contributed by atoms with Gasteiger partial charge in [-0.15, -0.1) is 0 Å². The number of hydrogen-bond donors (Lipinski definition) is 2. The molecule has 0 aliphatic heterocycles. The largest absolute Gasteiger partial charge is 0.441 e. The highest BCUT2D eigenvalue weighted by Crippen LogP contribution is 2.24. The first-order valence-electron chi connectivity index (χ1n) is 5.29. The Kier molecular flexibility index (Phi) is 3.53. The van der Waals surface area contributed by atoms with E-state index in [1.165, 1.54) is 0 Å². The minimum absolute atomic E-state index is 0.0871. The van der Waals surface area contributed by atoms with Crippen molar-refractivity contribution < 1.29 is 9.62 Å². The number of aryl methyl sites for hydroxylation is 1. The molecule has 3 N–H and O–H groups in total. The van der Waals surface area contributed by atoms with Gasteiger partial charge in [0.1, 0.15) is 11.6 Å². The third-order valence-electron chi connectivity index (χ3n) is 2.44. The molecule has 0 radical (unpaired) electrons. The minimum atomic E-state index is 0.0871. The Labute approximate surface area is 109 Å². The van der Waals surface area contributed by atoms with Crippen molar-refractivity contribution in [2.24, 2.45) is 10.9 Å². The Morgan fingerprint density at radius 1 is 1.56 bits per heavy atom. The van der Waals surface area contributed by atoms with E-state index in [1.54, 1.807) is 19.1 Å². The van der Waals surface area contributed by atoms with Gasteiger partial charge in [0.2, 0.25) is 5.89 Å². The Bertz CT molecular complexity index is 593. The van der Waals surface area contributed by atoms with Crippen LogP contribution in [0.1, 0.15) is 11.5 Å². The molecule has 0 atom stereocenters. The van der Waals surface area contributed by atoms with Crippen LogP contribution in [-0.4, -0.2) is 16.0 Å². The van der Waals surface area contributed by atoms with Crippen LogP contribution >= 0.6 is 11.6 Å². The number of oxime groups is 1. The molecule has 2 rings (SSSR count). The standard InChI is InChI=1S/C12H12ClN3O2/c1-7-10(6-11(14)16-17)15-12(18-7)8-3-2-4-9(13)5-8/h2-5,17H,6H2,1H3,(H2,14,16). The van der Waals surface area contributed by atoms with Crippen LogP contribution in [0.3, 0.4) is 0 Å². The number of rotatable bonds is 3. The second kappa shape index (κ2) is 5.10. The third-order valence-corrected chi connectivity index (χ3v) is 2.68. The molecule has 0 aliphatic rings. The van der Waals surface area contributed by atoms with Crippen molar-refractivity contribution in [2.75, 3.05) is 0 Å². The van der Waals surface area contributed by atoms with Crippen molar-refractivity contribution in [3.05, 3.63) is 40.7 Å². The quantitative estimate of drug-likeness (QED) is 0.387. The van der Waals surface area contributed by atoms with Crippen LogP contribution in [0.25, 0.3) is 11.5 Å². The fraction of sp³-hybridized carbons (Fsp3) is 0.167. The second-order valence-electron chi connectivity index (χ2n) is 3.80. The molecule has 94 valence electrons. The summed E-state index contributed by atoms with van der Waals surface area (Å²) >= 11 is 5.91. The van der Waals surface area contributed by atoms with Crippen molar-refractivity contribution in [3.8, 4) is 11.5 Å². The molecular formula is C12H12ClN3O2. The number of aromatic nitrogens is 1. The zero-order valence-electron chi connectivity index (χ0n) is 9.72. The molecule has 2 aromatic rings.